The fourth-order valence-corrected chi connectivity index (χ4v) is 14.5. The quantitative estimate of drug-likeness (QED) is 0.145. The average Bonchev–Trinajstić information content (AvgIpc) is 1.63. The summed E-state index contributed by atoms with van der Waals surface area (Å²) < 4.78 is 7.53. The second-order valence-electron chi connectivity index (χ2n) is 23.5. The van der Waals surface area contributed by atoms with Gasteiger partial charge in [0.05, 0.1) is 27.6 Å². The molecule has 2 atom stereocenters. The van der Waals surface area contributed by atoms with Crippen LogP contribution in [0.4, 0.5) is 11.4 Å². The van der Waals surface area contributed by atoms with Crippen molar-refractivity contribution >= 4 is 72.0 Å². The lowest BCUT2D eigenvalue weighted by Crippen LogP contribution is -2.14. The van der Waals surface area contributed by atoms with Crippen LogP contribution >= 0.6 is 0 Å². The summed E-state index contributed by atoms with van der Waals surface area (Å²) in [5, 5.41) is 6.14. The number of benzene rings is 11. The highest BCUT2D eigenvalue weighted by molar-refractivity contribution is 6.13. The minimum Gasteiger partial charge on any atom is -0.313 e. The Kier molecular flexibility index (Phi) is 11.4. The monoisotopic (exact) mass is 1130 g/mol. The first-order valence-corrected chi connectivity index (χ1v) is 30.5. The fraction of sp³-hybridized carbons (Fsp3) is 0.0494. The van der Waals surface area contributed by atoms with Crippen LogP contribution in [0.1, 0.15) is 40.6 Å². The minimum absolute atomic E-state index is 0.175. The maximum atomic E-state index is 5.06. The van der Waals surface area contributed by atoms with E-state index in [1.165, 1.54) is 88.4 Å². The van der Waals surface area contributed by atoms with Crippen molar-refractivity contribution in [3.8, 4) is 62.4 Å². The molecule has 0 saturated heterocycles. The van der Waals surface area contributed by atoms with Gasteiger partial charge in [-0.05, 0) is 138 Å². The molecule has 18 rings (SSSR count). The molecule has 0 fully saturated rings. The summed E-state index contributed by atoms with van der Waals surface area (Å²) in [5.41, 5.74) is 23.4. The van der Waals surface area contributed by atoms with Crippen LogP contribution in [-0.4, -0.2) is 28.7 Å². The molecule has 414 valence electrons. The van der Waals surface area contributed by atoms with Crippen LogP contribution in [0.3, 0.4) is 0 Å². The molecule has 0 amide bonds. The Morgan fingerprint density at radius 2 is 0.864 bits per heavy atom. The summed E-state index contributed by atoms with van der Waals surface area (Å²) in [4.78, 5) is 17.5. The number of para-hydroxylation sites is 2. The third kappa shape index (κ3) is 8.01. The van der Waals surface area contributed by atoms with Gasteiger partial charge in [-0.1, -0.05) is 194 Å². The average molecular weight is 1130 g/mol. The Labute approximate surface area is 509 Å². The van der Waals surface area contributed by atoms with Gasteiger partial charge in [0.1, 0.15) is 0 Å². The van der Waals surface area contributed by atoms with E-state index in [1.807, 2.05) is 36.4 Å². The van der Waals surface area contributed by atoms with Gasteiger partial charge < -0.3 is 18.6 Å². The minimum atomic E-state index is 0.175. The summed E-state index contributed by atoms with van der Waals surface area (Å²) >= 11 is 0. The highest BCUT2D eigenvalue weighted by Crippen LogP contribution is 2.52. The lowest BCUT2D eigenvalue weighted by Gasteiger charge is -2.24. The van der Waals surface area contributed by atoms with Crippen molar-refractivity contribution in [2.45, 2.75) is 24.7 Å². The highest BCUT2D eigenvalue weighted by atomic mass is 15.2. The summed E-state index contributed by atoms with van der Waals surface area (Å²) in [6.07, 6.45) is 13.4. The molecule has 88 heavy (non-hydrogen) atoms. The summed E-state index contributed by atoms with van der Waals surface area (Å²) in [6.45, 7) is 0. The van der Waals surface area contributed by atoms with Crippen molar-refractivity contribution in [3.05, 3.63) is 319 Å². The number of hydrogen-bond donors (Lipinski definition) is 0. The van der Waals surface area contributed by atoms with Gasteiger partial charge in [-0.2, -0.15) is 0 Å². The van der Waals surface area contributed by atoms with Gasteiger partial charge in [0, 0.05) is 101 Å². The Hall–Kier alpha value is -11.4. The first-order valence-electron chi connectivity index (χ1n) is 30.5. The van der Waals surface area contributed by atoms with E-state index in [2.05, 4.69) is 280 Å². The molecule has 15 aromatic rings. The maximum Gasteiger partial charge on any atom is 0.164 e. The number of hydrogen-bond acceptors (Lipinski definition) is 4. The zero-order chi connectivity index (χ0) is 57.8. The molecule has 3 aliphatic rings. The van der Waals surface area contributed by atoms with Crippen molar-refractivity contribution < 1.29 is 0 Å². The third-order valence-corrected chi connectivity index (χ3v) is 18.5. The zero-order valence-electron chi connectivity index (χ0n) is 48.0. The Morgan fingerprint density at radius 3 is 1.53 bits per heavy atom. The molecule has 2 aliphatic carbocycles. The largest absolute Gasteiger partial charge is 0.313 e. The number of fused-ring (bicyclic) bond motifs is 12. The highest BCUT2D eigenvalue weighted by Gasteiger charge is 2.36. The summed E-state index contributed by atoms with van der Waals surface area (Å²) in [6, 6.07) is 97.0. The molecule has 2 unspecified atom stereocenters. The van der Waals surface area contributed by atoms with Gasteiger partial charge in [-0.15, -0.1) is 0 Å². The fourth-order valence-electron chi connectivity index (χ4n) is 14.5. The molecule has 0 bridgehead atoms. The van der Waals surface area contributed by atoms with E-state index >= 15 is 0 Å². The van der Waals surface area contributed by atoms with Crippen molar-refractivity contribution in [1.29, 1.82) is 0 Å². The van der Waals surface area contributed by atoms with Crippen LogP contribution in [0.15, 0.2) is 297 Å². The lowest BCUT2D eigenvalue weighted by atomic mass is 9.88. The lowest BCUT2D eigenvalue weighted by molar-refractivity contribution is 0.783. The van der Waals surface area contributed by atoms with Gasteiger partial charge in [0.15, 0.2) is 17.5 Å². The molecule has 7 nitrogen and oxygen atoms in total. The summed E-state index contributed by atoms with van der Waals surface area (Å²) in [7, 11) is 0. The number of rotatable bonds is 9. The normalized spacial score (nSPS) is 15.1. The predicted molar refractivity (Wildman–Crippen MR) is 362 cm³/mol. The Morgan fingerprint density at radius 1 is 0.364 bits per heavy atom. The van der Waals surface area contributed by atoms with E-state index in [4.69, 9.17) is 15.0 Å². The van der Waals surface area contributed by atoms with Crippen LogP contribution in [-0.2, 0) is 6.42 Å². The first kappa shape index (κ1) is 50.0. The maximum absolute atomic E-state index is 5.06. The molecular formula is C81H55N7. The molecule has 0 N–H and O–H groups in total. The number of anilines is 2. The zero-order valence-corrected chi connectivity index (χ0v) is 48.0. The van der Waals surface area contributed by atoms with E-state index in [9.17, 15) is 0 Å². The molecule has 0 saturated carbocycles. The van der Waals surface area contributed by atoms with Crippen LogP contribution in [0.5, 0.6) is 0 Å². The molecule has 0 spiro atoms. The van der Waals surface area contributed by atoms with Crippen molar-refractivity contribution in [3.63, 3.8) is 0 Å². The van der Waals surface area contributed by atoms with Gasteiger partial charge in [-0.25, -0.2) is 15.0 Å². The van der Waals surface area contributed by atoms with Crippen molar-refractivity contribution in [2.24, 2.45) is 0 Å². The van der Waals surface area contributed by atoms with Crippen LogP contribution in [0.25, 0.3) is 123 Å². The van der Waals surface area contributed by atoms with E-state index in [-0.39, 0.29) is 11.8 Å². The van der Waals surface area contributed by atoms with Crippen LogP contribution in [0, 0.1) is 0 Å². The van der Waals surface area contributed by atoms with E-state index < -0.39 is 0 Å². The van der Waals surface area contributed by atoms with E-state index in [1.54, 1.807) is 0 Å². The number of nitrogens with zero attached hydrogens (tertiary/aromatic N) is 7. The van der Waals surface area contributed by atoms with E-state index in [0.29, 0.717) is 17.5 Å². The second kappa shape index (κ2) is 20.1. The van der Waals surface area contributed by atoms with Gasteiger partial charge in [0.25, 0.3) is 0 Å². The van der Waals surface area contributed by atoms with Crippen molar-refractivity contribution in [2.75, 3.05) is 4.90 Å². The van der Waals surface area contributed by atoms with Crippen LogP contribution in [0.2, 0.25) is 0 Å². The second-order valence-corrected chi connectivity index (χ2v) is 23.5. The predicted octanol–water partition coefficient (Wildman–Crippen LogP) is 20.1. The van der Waals surface area contributed by atoms with Gasteiger partial charge >= 0.3 is 0 Å². The molecule has 7 heteroatoms. The molecule has 4 aromatic heterocycles. The van der Waals surface area contributed by atoms with Gasteiger partial charge in [0.2, 0.25) is 0 Å². The standard InChI is InChI=1S/C81H55N7/c1-5-19-52(20-6-1)57-35-42-66-63-27-13-16-30-71(63)87(77(66)47-57)61-40-45-75-69(50-61)70-51-62(88-72-31-17-14-28-64(72)67-43-36-58(48-78(67)88)53-21-7-2-8-22-53)41-46-76(70)86(75)60-39-44-74-68(49-60)65-29-15-18-32-73(65)85(74)59-37-33-56(34-38-59)81-83-79(54-23-9-3-10-24-54)82-80(84-81)55-25-11-4-12-26-55/h1-28,30-47,49-51,58,65H,29,48H2. The van der Waals surface area contributed by atoms with Crippen molar-refractivity contribution in [1.82, 2.24) is 28.7 Å². The summed E-state index contributed by atoms with van der Waals surface area (Å²) in [5.74, 6) is 2.37. The SMILES string of the molecule is C1=CCC2C(=C1)N(c1ccc(-c3nc(-c4ccccc4)nc(-c4ccccc4)n3)cc1)c1ccc(-n3c4ccc(-n5c6c(c7ccccc75)C=CC(c5ccccc5)C6)cc4c4cc(-n5c6ccccc6c6ccc(-c7ccccc7)cc65)ccc43)cc12. The Bertz CT molecular complexity index is 5320. The molecular weight excluding hydrogens is 1070 g/mol. The third-order valence-electron chi connectivity index (χ3n) is 18.5. The van der Waals surface area contributed by atoms with Gasteiger partial charge in [-0.3, -0.25) is 0 Å². The van der Waals surface area contributed by atoms with E-state index in [0.717, 1.165) is 63.3 Å². The molecule has 5 heterocycles. The number of aromatic nitrogens is 6. The smallest absolute Gasteiger partial charge is 0.164 e. The molecule has 1 aliphatic heterocycles. The topological polar surface area (TPSA) is 56.7 Å². The molecule has 11 aromatic carbocycles. The first-order chi connectivity index (χ1) is 43.6. The Balaban J connectivity index is 0.796. The molecule has 0 radical (unpaired) electrons. The van der Waals surface area contributed by atoms with Crippen LogP contribution < -0.4 is 4.90 Å². The number of allylic oxidation sites excluding steroid dienone is 5.